The molecule has 0 saturated heterocycles. The molecule has 0 bridgehead atoms. The van der Waals surface area contributed by atoms with Crippen LogP contribution in [0.2, 0.25) is 0 Å². The van der Waals surface area contributed by atoms with E-state index in [2.05, 4.69) is 50.5 Å². The molecule has 4 nitrogen and oxygen atoms in total. The van der Waals surface area contributed by atoms with Crippen molar-refractivity contribution >= 4 is 26.7 Å². The van der Waals surface area contributed by atoms with E-state index in [-0.39, 0.29) is 0 Å². The average molecular weight is 303 g/mol. The summed E-state index contributed by atoms with van der Waals surface area (Å²) in [7, 11) is 0. The fraction of sp³-hybridized carbons (Fsp3) is 0.0769. The highest BCUT2D eigenvalue weighted by molar-refractivity contribution is 9.10. The van der Waals surface area contributed by atoms with E-state index >= 15 is 0 Å². The number of hydrogen-bond donors (Lipinski definition) is 1. The largest absolute Gasteiger partial charge is 0.325 e. The van der Waals surface area contributed by atoms with E-state index < -0.39 is 0 Å². The molecule has 0 fully saturated rings. The zero-order valence-corrected chi connectivity index (χ0v) is 11.1. The van der Waals surface area contributed by atoms with Gasteiger partial charge >= 0.3 is 0 Å². The van der Waals surface area contributed by atoms with E-state index in [0.29, 0.717) is 6.54 Å². The van der Waals surface area contributed by atoms with Crippen LogP contribution in [0.25, 0.3) is 16.5 Å². The smallest absolute Gasteiger partial charge is 0.0967 e. The lowest BCUT2D eigenvalue weighted by atomic mass is 10.1. The lowest BCUT2D eigenvalue weighted by molar-refractivity contribution is 0.797. The molecule has 5 heteroatoms. The molecule has 2 aromatic carbocycles. The molecule has 0 atom stereocenters. The van der Waals surface area contributed by atoms with Crippen LogP contribution in [0.3, 0.4) is 0 Å². The second kappa shape index (κ2) is 4.51. The van der Waals surface area contributed by atoms with E-state index in [0.717, 1.165) is 15.9 Å². The highest BCUT2D eigenvalue weighted by atomic mass is 79.9. The van der Waals surface area contributed by atoms with Crippen LogP contribution in [0.15, 0.2) is 47.1 Å². The molecule has 0 radical (unpaired) electrons. The van der Waals surface area contributed by atoms with Crippen molar-refractivity contribution in [2.45, 2.75) is 6.54 Å². The Kier molecular flexibility index (Phi) is 2.85. The highest BCUT2D eigenvalue weighted by Gasteiger charge is 2.02. The maximum Gasteiger partial charge on any atom is 0.0967 e. The summed E-state index contributed by atoms with van der Waals surface area (Å²) in [5.41, 5.74) is 7.29. The lowest BCUT2D eigenvalue weighted by Crippen LogP contribution is -1.96. The van der Waals surface area contributed by atoms with Crippen LogP contribution >= 0.6 is 15.9 Å². The number of nitrogens with two attached hydrogens (primary N) is 1. The number of fused-ring (bicyclic) bond motifs is 1. The van der Waals surface area contributed by atoms with Gasteiger partial charge in [0.05, 0.1) is 17.6 Å². The zero-order valence-electron chi connectivity index (χ0n) is 9.55. The van der Waals surface area contributed by atoms with Crippen LogP contribution in [0, 0.1) is 0 Å². The summed E-state index contributed by atoms with van der Waals surface area (Å²) in [6, 6.07) is 12.4. The SMILES string of the molecule is NCc1cn(-c2ccc3cc(Br)ccc3c2)nn1. The van der Waals surface area contributed by atoms with Crippen molar-refractivity contribution in [1.82, 2.24) is 15.0 Å². The van der Waals surface area contributed by atoms with Gasteiger partial charge in [-0.15, -0.1) is 5.10 Å². The fourth-order valence-corrected chi connectivity index (χ4v) is 2.24. The Morgan fingerprint density at radius 2 is 1.89 bits per heavy atom. The molecule has 1 heterocycles. The van der Waals surface area contributed by atoms with Gasteiger partial charge in [0.1, 0.15) is 0 Å². The van der Waals surface area contributed by atoms with Crippen molar-refractivity contribution in [3.05, 3.63) is 52.8 Å². The van der Waals surface area contributed by atoms with Gasteiger partial charge in [-0.05, 0) is 35.0 Å². The van der Waals surface area contributed by atoms with Gasteiger partial charge in [0, 0.05) is 11.0 Å². The van der Waals surface area contributed by atoms with Crippen LogP contribution in [0.1, 0.15) is 5.69 Å². The molecule has 0 unspecified atom stereocenters. The van der Waals surface area contributed by atoms with E-state index in [1.807, 2.05) is 18.3 Å². The Balaban J connectivity index is 2.10. The summed E-state index contributed by atoms with van der Waals surface area (Å²) in [5, 5.41) is 10.4. The molecule has 3 rings (SSSR count). The molecule has 0 aliphatic carbocycles. The third kappa shape index (κ3) is 2.02. The van der Waals surface area contributed by atoms with Crippen molar-refractivity contribution in [1.29, 1.82) is 0 Å². The molecule has 90 valence electrons. The Morgan fingerprint density at radius 3 is 2.67 bits per heavy atom. The van der Waals surface area contributed by atoms with Gasteiger partial charge < -0.3 is 5.73 Å². The second-order valence-corrected chi connectivity index (χ2v) is 4.95. The van der Waals surface area contributed by atoms with Crippen molar-refractivity contribution < 1.29 is 0 Å². The van der Waals surface area contributed by atoms with Crippen molar-refractivity contribution in [3.63, 3.8) is 0 Å². The van der Waals surface area contributed by atoms with Crippen molar-refractivity contribution in [3.8, 4) is 5.69 Å². The number of aromatic nitrogens is 3. The molecule has 2 N–H and O–H groups in total. The van der Waals surface area contributed by atoms with E-state index in [1.54, 1.807) is 4.68 Å². The summed E-state index contributed by atoms with van der Waals surface area (Å²) in [6.45, 7) is 0.403. The van der Waals surface area contributed by atoms with Gasteiger partial charge in [-0.2, -0.15) is 0 Å². The lowest BCUT2D eigenvalue weighted by Gasteiger charge is -2.03. The maximum atomic E-state index is 5.53. The van der Waals surface area contributed by atoms with Gasteiger partial charge in [-0.3, -0.25) is 0 Å². The summed E-state index contributed by atoms with van der Waals surface area (Å²) in [5.74, 6) is 0. The van der Waals surface area contributed by atoms with Gasteiger partial charge in [0.25, 0.3) is 0 Å². The molecule has 3 aromatic rings. The first kappa shape index (κ1) is 11.4. The van der Waals surface area contributed by atoms with Crippen LogP contribution < -0.4 is 5.73 Å². The van der Waals surface area contributed by atoms with Gasteiger partial charge in [-0.1, -0.05) is 33.3 Å². The normalized spacial score (nSPS) is 11.0. The molecule has 18 heavy (non-hydrogen) atoms. The molecular weight excluding hydrogens is 292 g/mol. The monoisotopic (exact) mass is 302 g/mol. The van der Waals surface area contributed by atoms with Gasteiger partial charge in [0.2, 0.25) is 0 Å². The number of rotatable bonds is 2. The van der Waals surface area contributed by atoms with Gasteiger partial charge in [0.15, 0.2) is 0 Å². The standard InChI is InChI=1S/C13H11BrN4/c14-11-3-1-10-6-13(4-2-9(10)5-11)18-8-12(7-15)16-17-18/h1-6,8H,7,15H2. The maximum absolute atomic E-state index is 5.53. The molecule has 0 aliphatic rings. The second-order valence-electron chi connectivity index (χ2n) is 4.03. The molecule has 0 amide bonds. The average Bonchev–Trinajstić information content (AvgIpc) is 2.87. The van der Waals surface area contributed by atoms with Crippen molar-refractivity contribution in [2.75, 3.05) is 0 Å². The fourth-order valence-electron chi connectivity index (χ4n) is 1.86. The number of halogens is 1. The first-order valence-corrected chi connectivity index (χ1v) is 6.36. The summed E-state index contributed by atoms with van der Waals surface area (Å²) < 4.78 is 2.82. The minimum atomic E-state index is 0.403. The third-order valence-corrected chi connectivity index (χ3v) is 3.29. The number of benzene rings is 2. The van der Waals surface area contributed by atoms with Crippen LogP contribution in [0.5, 0.6) is 0 Å². The summed E-state index contributed by atoms with van der Waals surface area (Å²) in [4.78, 5) is 0. The van der Waals surface area contributed by atoms with E-state index in [1.165, 1.54) is 10.8 Å². The zero-order chi connectivity index (χ0) is 12.5. The number of hydrogen-bond acceptors (Lipinski definition) is 3. The molecule has 0 aliphatic heterocycles. The quantitative estimate of drug-likeness (QED) is 0.792. The van der Waals surface area contributed by atoms with Crippen molar-refractivity contribution in [2.24, 2.45) is 5.73 Å². The first-order chi connectivity index (χ1) is 8.76. The molecule has 0 saturated carbocycles. The predicted octanol–water partition coefficient (Wildman–Crippen LogP) is 2.64. The molecule has 1 aromatic heterocycles. The summed E-state index contributed by atoms with van der Waals surface area (Å²) >= 11 is 3.47. The minimum Gasteiger partial charge on any atom is -0.325 e. The Bertz CT molecular complexity index is 705. The van der Waals surface area contributed by atoms with Gasteiger partial charge in [-0.25, -0.2) is 4.68 Å². The first-order valence-electron chi connectivity index (χ1n) is 5.57. The van der Waals surface area contributed by atoms with Crippen LogP contribution in [-0.2, 0) is 6.54 Å². The Labute approximate surface area is 113 Å². The van der Waals surface area contributed by atoms with Crippen LogP contribution in [-0.4, -0.2) is 15.0 Å². The highest BCUT2D eigenvalue weighted by Crippen LogP contribution is 2.22. The Morgan fingerprint density at radius 1 is 1.11 bits per heavy atom. The Hall–Kier alpha value is -1.72. The third-order valence-electron chi connectivity index (χ3n) is 2.80. The van der Waals surface area contributed by atoms with E-state index in [4.69, 9.17) is 5.73 Å². The molecular formula is C13H11BrN4. The molecule has 0 spiro atoms. The summed E-state index contributed by atoms with van der Waals surface area (Å²) in [6.07, 6.45) is 1.85. The van der Waals surface area contributed by atoms with Crippen LogP contribution in [0.4, 0.5) is 0 Å². The number of nitrogens with zero attached hydrogens (tertiary/aromatic N) is 3. The topological polar surface area (TPSA) is 56.7 Å². The van der Waals surface area contributed by atoms with E-state index in [9.17, 15) is 0 Å². The minimum absolute atomic E-state index is 0.403. The predicted molar refractivity (Wildman–Crippen MR) is 74.5 cm³/mol.